The minimum absolute atomic E-state index is 0.0717. The molecule has 0 aliphatic rings. The summed E-state index contributed by atoms with van der Waals surface area (Å²) < 4.78 is 6.29. The Bertz CT molecular complexity index is 455. The van der Waals surface area contributed by atoms with Gasteiger partial charge in [-0.25, -0.2) is 4.79 Å². The van der Waals surface area contributed by atoms with Crippen molar-refractivity contribution in [1.82, 2.24) is 5.32 Å². The van der Waals surface area contributed by atoms with Crippen LogP contribution in [0.25, 0.3) is 0 Å². The number of alkyl carbamates (subject to hydrolysis) is 1. The van der Waals surface area contributed by atoms with Gasteiger partial charge in [-0.05, 0) is 26.2 Å². The van der Waals surface area contributed by atoms with E-state index in [1.54, 1.807) is 0 Å². The van der Waals surface area contributed by atoms with Crippen molar-refractivity contribution >= 4 is 12.1 Å². The van der Waals surface area contributed by atoms with Crippen LogP contribution in [0.4, 0.5) is 4.79 Å². The van der Waals surface area contributed by atoms with Gasteiger partial charge in [-0.2, -0.15) is 0 Å². The Hall–Kier alpha value is -1.30. The molecule has 0 aliphatic carbocycles. The van der Waals surface area contributed by atoms with E-state index < -0.39 is 5.97 Å². The van der Waals surface area contributed by atoms with Gasteiger partial charge >= 0.3 is 6.09 Å². The molecule has 1 amide bonds. The van der Waals surface area contributed by atoms with E-state index in [4.69, 9.17) is 4.74 Å². The Morgan fingerprint density at radius 1 is 0.839 bits per heavy atom. The molecule has 1 atom stereocenters. The van der Waals surface area contributed by atoms with Crippen molar-refractivity contribution in [3.05, 3.63) is 0 Å². The molecule has 0 aromatic heterocycles. The Balaban J connectivity index is 4.09. The third-order valence-corrected chi connectivity index (χ3v) is 5.82. The van der Waals surface area contributed by atoms with Gasteiger partial charge in [0.15, 0.2) is 6.10 Å². The van der Waals surface area contributed by atoms with Crippen LogP contribution < -0.4 is 10.4 Å². The quantitative estimate of drug-likeness (QED) is 0.205. The van der Waals surface area contributed by atoms with Crippen molar-refractivity contribution in [3.8, 4) is 0 Å². The van der Waals surface area contributed by atoms with E-state index in [9.17, 15) is 14.7 Å². The number of hydrogen-bond donors (Lipinski definition) is 1. The topological polar surface area (TPSA) is 78.5 Å². The van der Waals surface area contributed by atoms with E-state index in [0.29, 0.717) is 24.0 Å². The van der Waals surface area contributed by atoms with Crippen molar-refractivity contribution < 1.29 is 23.9 Å². The number of ether oxygens (including phenoxy) is 1. The van der Waals surface area contributed by atoms with Crippen LogP contribution in [0.3, 0.4) is 0 Å². The summed E-state index contributed by atoms with van der Waals surface area (Å²) in [7, 11) is 4.12. The number of aliphatic carboxylic acids is 1. The predicted octanol–water partition coefficient (Wildman–Crippen LogP) is 4.80. The van der Waals surface area contributed by atoms with E-state index in [-0.39, 0.29) is 18.6 Å². The van der Waals surface area contributed by atoms with Crippen molar-refractivity contribution in [2.45, 2.75) is 116 Å². The summed E-state index contributed by atoms with van der Waals surface area (Å²) in [5.74, 6) is -1.01. The SMILES string of the molecule is CCCCCCCCCCCCCCC(C[N+](C)(C)CCCC(=O)[O-])OC(=O)NCC. The van der Waals surface area contributed by atoms with Crippen molar-refractivity contribution in [2.24, 2.45) is 0 Å². The standard InChI is InChI=1S/C25H50N2O4/c1-5-7-8-9-10-11-12-13-14-15-16-17-19-23(31-25(30)26-6-2)22-27(3,4)21-18-20-24(28)29/h23H,5-22H2,1-4H3,(H-,26,28,29,30). The van der Waals surface area contributed by atoms with Gasteiger partial charge in [0, 0.05) is 18.9 Å². The third kappa shape index (κ3) is 20.4. The second kappa shape index (κ2) is 19.4. The highest BCUT2D eigenvalue weighted by atomic mass is 16.6. The maximum atomic E-state index is 11.9. The van der Waals surface area contributed by atoms with Crippen LogP contribution in [0.15, 0.2) is 0 Å². The molecule has 6 heteroatoms. The van der Waals surface area contributed by atoms with Crippen LogP contribution in [0.1, 0.15) is 110 Å². The molecule has 0 rings (SSSR count). The molecule has 1 N–H and O–H groups in total. The van der Waals surface area contributed by atoms with Gasteiger partial charge in [-0.3, -0.25) is 0 Å². The lowest BCUT2D eigenvalue weighted by Crippen LogP contribution is -2.48. The summed E-state index contributed by atoms with van der Waals surface area (Å²) in [5, 5.41) is 13.4. The molecule has 0 radical (unpaired) electrons. The lowest BCUT2D eigenvalue weighted by Gasteiger charge is -2.33. The van der Waals surface area contributed by atoms with Crippen LogP contribution in [-0.2, 0) is 9.53 Å². The molecule has 0 aliphatic heterocycles. The van der Waals surface area contributed by atoms with E-state index in [2.05, 4.69) is 26.3 Å². The zero-order valence-corrected chi connectivity index (χ0v) is 20.9. The smallest absolute Gasteiger partial charge is 0.407 e. The summed E-state index contributed by atoms with van der Waals surface area (Å²) in [5.41, 5.74) is 0. The minimum atomic E-state index is -1.01. The maximum Gasteiger partial charge on any atom is 0.407 e. The van der Waals surface area contributed by atoms with Crippen molar-refractivity contribution in [1.29, 1.82) is 0 Å². The van der Waals surface area contributed by atoms with Crippen LogP contribution in [-0.4, -0.2) is 56.4 Å². The number of hydrogen-bond acceptors (Lipinski definition) is 4. The van der Waals surface area contributed by atoms with Crippen LogP contribution in [0.5, 0.6) is 0 Å². The molecule has 0 spiro atoms. The van der Waals surface area contributed by atoms with Gasteiger partial charge in [-0.15, -0.1) is 0 Å². The molecule has 0 saturated heterocycles. The first-order valence-electron chi connectivity index (χ1n) is 12.8. The van der Waals surface area contributed by atoms with Crippen molar-refractivity contribution in [2.75, 3.05) is 33.7 Å². The molecule has 0 heterocycles. The number of unbranched alkanes of at least 4 members (excludes halogenated alkanes) is 11. The summed E-state index contributed by atoms with van der Waals surface area (Å²) in [4.78, 5) is 22.6. The van der Waals surface area contributed by atoms with Gasteiger partial charge in [0.25, 0.3) is 0 Å². The number of quaternary nitrogens is 1. The van der Waals surface area contributed by atoms with Crippen LogP contribution in [0.2, 0.25) is 0 Å². The number of rotatable bonds is 21. The van der Waals surface area contributed by atoms with Gasteiger partial charge in [0.1, 0.15) is 6.54 Å². The fraction of sp³-hybridized carbons (Fsp3) is 0.920. The first-order chi connectivity index (χ1) is 14.8. The highest BCUT2D eigenvalue weighted by Crippen LogP contribution is 2.16. The molecule has 184 valence electrons. The highest BCUT2D eigenvalue weighted by molar-refractivity contribution is 5.67. The largest absolute Gasteiger partial charge is 0.550 e. The van der Waals surface area contributed by atoms with Gasteiger partial charge in [-0.1, -0.05) is 77.6 Å². The summed E-state index contributed by atoms with van der Waals surface area (Å²) in [6.07, 6.45) is 16.7. The lowest BCUT2D eigenvalue weighted by molar-refractivity contribution is -0.893. The molecule has 0 aromatic carbocycles. The number of carboxylic acids is 1. The highest BCUT2D eigenvalue weighted by Gasteiger charge is 2.24. The van der Waals surface area contributed by atoms with Gasteiger partial charge in [0.2, 0.25) is 0 Å². The number of amides is 1. The summed E-state index contributed by atoms with van der Waals surface area (Å²) >= 11 is 0. The molecular weight excluding hydrogens is 392 g/mol. The fourth-order valence-corrected chi connectivity index (χ4v) is 4.03. The Labute approximate surface area is 191 Å². The van der Waals surface area contributed by atoms with Crippen LogP contribution >= 0.6 is 0 Å². The second-order valence-electron chi connectivity index (χ2n) is 9.55. The van der Waals surface area contributed by atoms with Gasteiger partial charge in [0.05, 0.1) is 20.6 Å². The van der Waals surface area contributed by atoms with Gasteiger partial charge < -0.3 is 24.4 Å². The number of likely N-dealkylation sites (N-methyl/N-ethyl adjacent to an activating group) is 1. The average Bonchev–Trinajstić information content (AvgIpc) is 2.68. The third-order valence-electron chi connectivity index (χ3n) is 5.82. The first-order valence-corrected chi connectivity index (χ1v) is 12.8. The molecule has 1 unspecified atom stereocenters. The molecule has 31 heavy (non-hydrogen) atoms. The number of carboxylic acid groups (broad SMARTS) is 1. The number of nitrogens with zero attached hydrogens (tertiary/aromatic N) is 1. The summed E-state index contributed by atoms with van der Waals surface area (Å²) in [6.45, 7) is 6.11. The minimum Gasteiger partial charge on any atom is -0.550 e. The molecule has 0 aromatic rings. The normalized spacial score (nSPS) is 12.5. The molecule has 0 saturated carbocycles. The van der Waals surface area contributed by atoms with Crippen LogP contribution in [0, 0.1) is 0 Å². The molecule has 0 bridgehead atoms. The second-order valence-corrected chi connectivity index (χ2v) is 9.55. The maximum absolute atomic E-state index is 11.9. The van der Waals surface area contributed by atoms with Crippen molar-refractivity contribution in [3.63, 3.8) is 0 Å². The number of nitrogens with one attached hydrogen (secondary N) is 1. The summed E-state index contributed by atoms with van der Waals surface area (Å²) in [6, 6.07) is 0. The lowest BCUT2D eigenvalue weighted by atomic mass is 10.0. The monoisotopic (exact) mass is 442 g/mol. The molecule has 0 fully saturated rings. The Kier molecular flexibility index (Phi) is 18.6. The zero-order chi connectivity index (χ0) is 23.4. The van der Waals surface area contributed by atoms with E-state index in [1.807, 2.05) is 6.92 Å². The van der Waals surface area contributed by atoms with E-state index in [1.165, 1.54) is 70.6 Å². The van der Waals surface area contributed by atoms with E-state index in [0.717, 1.165) is 19.4 Å². The fourth-order valence-electron chi connectivity index (χ4n) is 4.03. The zero-order valence-electron chi connectivity index (χ0n) is 20.9. The Morgan fingerprint density at radius 3 is 1.84 bits per heavy atom. The molecule has 6 nitrogen and oxygen atoms in total. The van der Waals surface area contributed by atoms with E-state index >= 15 is 0 Å². The molecular formula is C25H50N2O4. The first kappa shape index (κ1) is 29.7. The number of carbonyl (C=O) groups excluding carboxylic acids is 2. The number of carbonyl (C=O) groups is 2. The average molecular weight is 443 g/mol. The Morgan fingerprint density at radius 2 is 1.35 bits per heavy atom. The predicted molar refractivity (Wildman–Crippen MR) is 126 cm³/mol.